The van der Waals surface area contributed by atoms with Crippen molar-refractivity contribution in [2.24, 2.45) is 35.5 Å². The van der Waals surface area contributed by atoms with Crippen LogP contribution in [-0.2, 0) is 48.2 Å². The Morgan fingerprint density at radius 2 is 0.418 bits per heavy atom. The molecule has 0 spiro atoms. The zero-order valence-corrected chi connectivity index (χ0v) is 32.6. The summed E-state index contributed by atoms with van der Waals surface area (Å²) in [6.07, 6.45) is 6.48. The minimum atomic E-state index is -0.777. The van der Waals surface area contributed by atoms with Gasteiger partial charge in [-0.1, -0.05) is 77.0 Å². The summed E-state index contributed by atoms with van der Waals surface area (Å²) in [5, 5.41) is 80.7. The average molecular weight is 864 g/mol. The Hall–Kier alpha value is -2.80. The van der Waals surface area contributed by atoms with Crippen molar-refractivity contribution in [1.29, 1.82) is 0 Å². The Kier molecular flexibility index (Phi) is 19.3. The standard InChI is InChI=1S/3C12H18N2O4.Ru/c3*15-11(16)7-1-3-13-9(5-7)10-6-8(12(17)18)2-4-14-10;/h3*7-10H,1-6H2,(H,15,16)(H,17,18);/q3*-2;+6. The third kappa shape index (κ3) is 14.3. The topological polar surface area (TPSA) is 308 Å². The molecule has 6 N–H and O–H groups in total. The summed E-state index contributed by atoms with van der Waals surface area (Å²) in [6.45, 7) is 3.28. The van der Waals surface area contributed by atoms with Gasteiger partial charge in [0.1, 0.15) is 0 Å². The van der Waals surface area contributed by atoms with E-state index in [0.717, 1.165) is 0 Å². The molecular formula is C36H54N6O12Ru. The summed E-state index contributed by atoms with van der Waals surface area (Å²) in [6, 6.07) is -0.656. The first-order valence-corrected chi connectivity index (χ1v) is 19.1. The van der Waals surface area contributed by atoms with Gasteiger partial charge in [-0.15, -0.1) is 39.3 Å². The van der Waals surface area contributed by atoms with Crippen LogP contribution in [0.3, 0.4) is 0 Å². The Bertz CT molecular complexity index is 1070. The zero-order chi connectivity index (χ0) is 39.4. The van der Waals surface area contributed by atoms with Gasteiger partial charge in [0.25, 0.3) is 0 Å². The summed E-state index contributed by atoms with van der Waals surface area (Å²) in [5.41, 5.74) is 0. The molecule has 0 aromatic rings. The number of aliphatic carboxylic acids is 6. The van der Waals surface area contributed by atoms with Crippen molar-refractivity contribution in [1.82, 2.24) is 0 Å². The Morgan fingerprint density at radius 3 is 0.527 bits per heavy atom. The number of carbonyl (C=O) groups is 6. The number of hydrogen-bond acceptors (Lipinski definition) is 6. The third-order valence-electron chi connectivity index (χ3n) is 11.6. The van der Waals surface area contributed by atoms with E-state index < -0.39 is 35.8 Å². The fourth-order valence-corrected chi connectivity index (χ4v) is 8.30. The quantitative estimate of drug-likeness (QED) is 0.176. The first-order chi connectivity index (χ1) is 25.7. The van der Waals surface area contributed by atoms with E-state index in [1.807, 2.05) is 0 Å². The SMILES string of the molecule is O=C(O)C1CC[N-]C(C2CC(C(=O)O)CC[N-]2)C1.O=C(O)C1CC[N-]C(C2CC(C(=O)O)CC[N-]2)C1.O=C(O)C1CC[N-]C(C2CC(C(=O)O)CC[N-]2)C1.[Ru+6]. The molecule has 0 aromatic heterocycles. The maximum atomic E-state index is 11.0. The molecule has 19 heteroatoms. The smallest absolute Gasteiger partial charge is 0.661 e. The molecule has 6 aliphatic rings. The fraction of sp³-hybridized carbons (Fsp3) is 0.833. The van der Waals surface area contributed by atoms with E-state index in [2.05, 4.69) is 31.9 Å². The summed E-state index contributed by atoms with van der Waals surface area (Å²) < 4.78 is 0. The zero-order valence-electron chi connectivity index (χ0n) is 30.8. The van der Waals surface area contributed by atoms with Gasteiger partial charge < -0.3 is 62.5 Å². The Morgan fingerprint density at radius 1 is 0.291 bits per heavy atom. The van der Waals surface area contributed by atoms with E-state index >= 15 is 0 Å². The second-order valence-electron chi connectivity index (χ2n) is 15.2. The number of rotatable bonds is 9. The molecule has 0 bridgehead atoms. The van der Waals surface area contributed by atoms with Gasteiger partial charge in [-0.3, -0.25) is 28.8 Å². The molecule has 6 saturated heterocycles. The van der Waals surface area contributed by atoms with Crippen LogP contribution in [0.1, 0.15) is 77.0 Å². The molecule has 12 atom stereocenters. The predicted molar refractivity (Wildman–Crippen MR) is 194 cm³/mol. The van der Waals surface area contributed by atoms with Crippen molar-refractivity contribution in [3.8, 4) is 0 Å². The second-order valence-corrected chi connectivity index (χ2v) is 15.2. The first kappa shape index (κ1) is 46.6. The van der Waals surface area contributed by atoms with Crippen LogP contribution in [0.4, 0.5) is 0 Å². The maximum Gasteiger partial charge on any atom is 6.00 e. The van der Waals surface area contributed by atoms with E-state index in [4.69, 9.17) is 30.6 Å². The molecule has 6 aliphatic heterocycles. The molecule has 6 heterocycles. The van der Waals surface area contributed by atoms with Crippen molar-refractivity contribution in [3.63, 3.8) is 0 Å². The minimum Gasteiger partial charge on any atom is -0.661 e. The van der Waals surface area contributed by atoms with Gasteiger partial charge in [0.05, 0.1) is 35.5 Å². The van der Waals surface area contributed by atoms with E-state index in [-0.39, 0.29) is 91.2 Å². The maximum absolute atomic E-state index is 11.0. The van der Waals surface area contributed by atoms with Gasteiger partial charge in [-0.2, -0.15) is 36.3 Å². The minimum absolute atomic E-state index is 0. The molecule has 6 rings (SSSR count). The summed E-state index contributed by atoms with van der Waals surface area (Å²) in [7, 11) is 0. The predicted octanol–water partition coefficient (Wildman–Crippen LogP) is 4.38. The van der Waals surface area contributed by atoms with Crippen LogP contribution in [0.5, 0.6) is 0 Å². The molecule has 6 fully saturated rings. The van der Waals surface area contributed by atoms with Gasteiger partial charge in [-0.05, 0) is 0 Å². The van der Waals surface area contributed by atoms with E-state index in [1.165, 1.54) is 0 Å². The number of hydrogen-bond donors (Lipinski definition) is 6. The molecule has 0 saturated carbocycles. The van der Waals surface area contributed by atoms with Crippen LogP contribution in [-0.4, -0.2) is 142 Å². The van der Waals surface area contributed by atoms with Gasteiger partial charge in [0.2, 0.25) is 0 Å². The number of nitrogens with zero attached hydrogens (tertiary/aromatic N) is 6. The van der Waals surface area contributed by atoms with Crippen LogP contribution in [0.15, 0.2) is 0 Å². The van der Waals surface area contributed by atoms with Crippen LogP contribution < -0.4 is 0 Å². The largest absolute Gasteiger partial charge is 6.00 e. The van der Waals surface area contributed by atoms with Crippen molar-refractivity contribution in [2.75, 3.05) is 39.3 Å². The number of carboxylic acid groups (broad SMARTS) is 6. The summed E-state index contributed by atoms with van der Waals surface area (Å²) in [4.78, 5) is 65.9. The van der Waals surface area contributed by atoms with Crippen molar-refractivity contribution in [3.05, 3.63) is 31.9 Å². The molecule has 0 aliphatic carbocycles. The van der Waals surface area contributed by atoms with Crippen molar-refractivity contribution >= 4 is 35.8 Å². The van der Waals surface area contributed by atoms with Crippen molar-refractivity contribution in [2.45, 2.75) is 113 Å². The average Bonchev–Trinajstić information content (AvgIpc) is 3.18. The molecule has 0 aromatic carbocycles. The van der Waals surface area contributed by atoms with E-state index in [0.29, 0.717) is 116 Å². The third-order valence-corrected chi connectivity index (χ3v) is 11.6. The normalized spacial score (nSPS) is 36.4. The summed E-state index contributed by atoms with van der Waals surface area (Å²) >= 11 is 0. The Balaban J connectivity index is 0.000000220. The first-order valence-electron chi connectivity index (χ1n) is 19.1. The molecule has 18 nitrogen and oxygen atoms in total. The van der Waals surface area contributed by atoms with Crippen LogP contribution in [0, 0.1) is 35.5 Å². The fourth-order valence-electron chi connectivity index (χ4n) is 8.30. The monoisotopic (exact) mass is 864 g/mol. The van der Waals surface area contributed by atoms with Gasteiger partial charge in [-0.25, -0.2) is 0 Å². The summed E-state index contributed by atoms with van der Waals surface area (Å²) in [5.74, 6) is -6.79. The molecular weight excluding hydrogens is 809 g/mol. The molecule has 12 unspecified atom stereocenters. The van der Waals surface area contributed by atoms with Gasteiger partial charge >= 0.3 is 55.3 Å². The second kappa shape index (κ2) is 22.8. The number of piperidine rings is 6. The molecule has 0 radical (unpaired) electrons. The van der Waals surface area contributed by atoms with Crippen LogP contribution >= 0.6 is 0 Å². The Labute approximate surface area is 333 Å². The molecule has 0 amide bonds. The van der Waals surface area contributed by atoms with Crippen molar-refractivity contribution < 1.29 is 78.9 Å². The van der Waals surface area contributed by atoms with Crippen LogP contribution in [0.25, 0.3) is 31.9 Å². The van der Waals surface area contributed by atoms with Gasteiger partial charge in [0.15, 0.2) is 0 Å². The molecule has 55 heavy (non-hydrogen) atoms. The van der Waals surface area contributed by atoms with E-state index in [9.17, 15) is 28.8 Å². The van der Waals surface area contributed by atoms with Crippen LogP contribution in [0.2, 0.25) is 0 Å². The van der Waals surface area contributed by atoms with Gasteiger partial charge in [0, 0.05) is 0 Å². The van der Waals surface area contributed by atoms with E-state index in [1.54, 1.807) is 0 Å². The number of carboxylic acids is 6. The molecule has 308 valence electrons.